The van der Waals surface area contributed by atoms with Gasteiger partial charge in [0.15, 0.2) is 0 Å². The van der Waals surface area contributed by atoms with Crippen molar-refractivity contribution in [2.75, 3.05) is 0 Å². The fourth-order valence-corrected chi connectivity index (χ4v) is 5.25. The molecular weight excluding hydrogens is 242 g/mol. The second-order valence-electron chi connectivity index (χ2n) is 6.76. The van der Waals surface area contributed by atoms with Gasteiger partial charge in [0.05, 0.1) is 0 Å². The van der Waals surface area contributed by atoms with Crippen molar-refractivity contribution in [3.05, 3.63) is 17.0 Å². The van der Waals surface area contributed by atoms with Crippen LogP contribution in [-0.4, -0.2) is 16.2 Å². The number of hydrogen-bond acceptors (Lipinski definition) is 3. The highest BCUT2D eigenvalue weighted by Crippen LogP contribution is 2.59. The van der Waals surface area contributed by atoms with Crippen LogP contribution in [0, 0.1) is 30.6 Å². The first kappa shape index (κ1) is 11.5. The lowest BCUT2D eigenvalue weighted by Gasteiger charge is -2.54. The van der Waals surface area contributed by atoms with E-state index < -0.39 is 5.97 Å². The number of rotatable bonds is 2. The maximum atomic E-state index is 11.4. The molecule has 4 aliphatic rings. The van der Waals surface area contributed by atoms with Crippen LogP contribution in [0.4, 0.5) is 0 Å². The van der Waals surface area contributed by atoms with E-state index in [-0.39, 0.29) is 0 Å². The molecule has 19 heavy (non-hydrogen) atoms. The number of hydrogen-bond donors (Lipinski definition) is 1. The van der Waals surface area contributed by atoms with Gasteiger partial charge in [0.1, 0.15) is 17.0 Å². The molecule has 0 radical (unpaired) electrons. The average Bonchev–Trinajstić information content (AvgIpc) is 2.69. The third-order valence-corrected chi connectivity index (χ3v) is 5.65. The molecule has 4 fully saturated rings. The van der Waals surface area contributed by atoms with Crippen LogP contribution in [0.5, 0.6) is 0 Å². The Balaban J connectivity index is 1.75. The SMILES string of the molecule is Cc1onc(C2C3CC4CC(C3)CC2C4)c1C(=O)O. The molecule has 0 amide bonds. The van der Waals surface area contributed by atoms with Gasteiger partial charge < -0.3 is 9.63 Å². The van der Waals surface area contributed by atoms with E-state index in [0.717, 1.165) is 17.5 Å². The van der Waals surface area contributed by atoms with Crippen LogP contribution in [0.1, 0.15) is 59.8 Å². The van der Waals surface area contributed by atoms with E-state index in [4.69, 9.17) is 4.52 Å². The van der Waals surface area contributed by atoms with Gasteiger partial charge in [-0.05, 0) is 62.7 Å². The van der Waals surface area contributed by atoms with Gasteiger partial charge in [0.25, 0.3) is 0 Å². The molecule has 4 heteroatoms. The number of aromatic carboxylic acids is 1. The molecular formula is C15H19NO3. The molecule has 1 aromatic heterocycles. The number of carboxylic acids is 1. The summed E-state index contributed by atoms with van der Waals surface area (Å²) in [6.45, 7) is 1.70. The van der Waals surface area contributed by atoms with E-state index in [0.29, 0.717) is 29.1 Å². The molecule has 4 saturated carbocycles. The largest absolute Gasteiger partial charge is 0.477 e. The van der Waals surface area contributed by atoms with Gasteiger partial charge in [-0.2, -0.15) is 0 Å². The molecule has 4 bridgehead atoms. The number of carbonyl (C=O) groups is 1. The zero-order chi connectivity index (χ0) is 13.1. The molecule has 0 unspecified atom stereocenters. The van der Waals surface area contributed by atoms with Crippen molar-refractivity contribution >= 4 is 5.97 Å². The summed E-state index contributed by atoms with van der Waals surface area (Å²) < 4.78 is 5.18. The van der Waals surface area contributed by atoms with Crippen LogP contribution in [0.15, 0.2) is 4.52 Å². The Bertz CT molecular complexity index is 505. The second kappa shape index (κ2) is 3.84. The maximum absolute atomic E-state index is 11.4. The summed E-state index contributed by atoms with van der Waals surface area (Å²) in [5.74, 6) is 2.95. The summed E-state index contributed by atoms with van der Waals surface area (Å²) in [6, 6.07) is 0. The third-order valence-electron chi connectivity index (χ3n) is 5.65. The van der Waals surface area contributed by atoms with E-state index in [1.165, 1.54) is 32.1 Å². The molecule has 102 valence electrons. The Hall–Kier alpha value is -1.32. The molecule has 1 heterocycles. The van der Waals surface area contributed by atoms with Gasteiger partial charge in [0.2, 0.25) is 0 Å². The summed E-state index contributed by atoms with van der Waals surface area (Å²) >= 11 is 0. The minimum absolute atomic E-state index is 0.330. The van der Waals surface area contributed by atoms with Crippen molar-refractivity contribution in [2.24, 2.45) is 23.7 Å². The van der Waals surface area contributed by atoms with Crippen LogP contribution >= 0.6 is 0 Å². The lowest BCUT2D eigenvalue weighted by Crippen LogP contribution is -2.44. The van der Waals surface area contributed by atoms with E-state index in [2.05, 4.69) is 5.16 Å². The standard InChI is InChI=1S/C15H19NO3/c1-7-12(15(17)18)14(16-19-7)13-10-3-8-2-9(5-10)6-11(13)4-8/h8-11,13H,2-6H2,1H3,(H,17,18). The number of aromatic nitrogens is 1. The zero-order valence-electron chi connectivity index (χ0n) is 11.1. The van der Waals surface area contributed by atoms with Crippen molar-refractivity contribution in [2.45, 2.75) is 44.9 Å². The fraction of sp³-hybridized carbons (Fsp3) is 0.733. The monoisotopic (exact) mass is 261 g/mol. The summed E-state index contributed by atoms with van der Waals surface area (Å²) in [5, 5.41) is 13.5. The van der Waals surface area contributed by atoms with Crippen LogP contribution in [0.3, 0.4) is 0 Å². The van der Waals surface area contributed by atoms with Gasteiger partial charge in [-0.25, -0.2) is 4.79 Å². The van der Waals surface area contributed by atoms with Gasteiger partial charge in [0, 0.05) is 5.92 Å². The van der Waals surface area contributed by atoms with Crippen molar-refractivity contribution in [3.63, 3.8) is 0 Å². The van der Waals surface area contributed by atoms with Gasteiger partial charge >= 0.3 is 5.97 Å². The highest BCUT2D eigenvalue weighted by Gasteiger charge is 2.50. The van der Waals surface area contributed by atoms with Gasteiger partial charge in [-0.3, -0.25) is 0 Å². The highest BCUT2D eigenvalue weighted by molar-refractivity contribution is 5.90. The fourth-order valence-electron chi connectivity index (χ4n) is 5.25. The number of nitrogens with zero attached hydrogens (tertiary/aromatic N) is 1. The number of aryl methyl sites for hydroxylation is 1. The first-order chi connectivity index (χ1) is 9.13. The van der Waals surface area contributed by atoms with E-state index in [1.54, 1.807) is 6.92 Å². The van der Waals surface area contributed by atoms with E-state index >= 15 is 0 Å². The van der Waals surface area contributed by atoms with Crippen molar-refractivity contribution in [3.8, 4) is 0 Å². The lowest BCUT2D eigenvalue weighted by atomic mass is 9.51. The topological polar surface area (TPSA) is 63.3 Å². The van der Waals surface area contributed by atoms with Crippen molar-refractivity contribution in [1.82, 2.24) is 5.16 Å². The first-order valence-electron chi connectivity index (χ1n) is 7.33. The quantitative estimate of drug-likeness (QED) is 0.887. The Morgan fingerprint density at radius 1 is 1.16 bits per heavy atom. The predicted octanol–water partition coefficient (Wildman–Crippen LogP) is 3.22. The Morgan fingerprint density at radius 2 is 1.74 bits per heavy atom. The highest BCUT2D eigenvalue weighted by atomic mass is 16.5. The summed E-state index contributed by atoms with van der Waals surface area (Å²) in [5.41, 5.74) is 1.07. The zero-order valence-corrected chi connectivity index (χ0v) is 11.1. The van der Waals surface area contributed by atoms with E-state index in [1.807, 2.05) is 0 Å². The summed E-state index contributed by atoms with van der Waals surface area (Å²) in [4.78, 5) is 11.4. The normalized spacial score (nSPS) is 39.7. The molecule has 0 saturated heterocycles. The second-order valence-corrected chi connectivity index (χ2v) is 6.76. The first-order valence-corrected chi connectivity index (χ1v) is 7.33. The summed E-state index contributed by atoms with van der Waals surface area (Å²) in [7, 11) is 0. The van der Waals surface area contributed by atoms with Crippen molar-refractivity contribution < 1.29 is 14.4 Å². The number of carboxylic acid groups (broad SMARTS) is 1. The minimum Gasteiger partial charge on any atom is -0.477 e. The van der Waals surface area contributed by atoms with Crippen molar-refractivity contribution in [1.29, 1.82) is 0 Å². The molecule has 0 atom stereocenters. The van der Waals surface area contributed by atoms with E-state index in [9.17, 15) is 9.90 Å². The Kier molecular flexibility index (Phi) is 2.32. The minimum atomic E-state index is -0.887. The van der Waals surface area contributed by atoms with Crippen LogP contribution < -0.4 is 0 Å². The molecule has 0 aliphatic heterocycles. The smallest absolute Gasteiger partial charge is 0.341 e. The Labute approximate surface area is 112 Å². The van der Waals surface area contributed by atoms with Gasteiger partial charge in [-0.1, -0.05) is 5.16 Å². The molecule has 4 aliphatic carbocycles. The van der Waals surface area contributed by atoms with Gasteiger partial charge in [-0.15, -0.1) is 0 Å². The third kappa shape index (κ3) is 1.58. The predicted molar refractivity (Wildman–Crippen MR) is 68.0 cm³/mol. The van der Waals surface area contributed by atoms with Crippen LogP contribution in [0.2, 0.25) is 0 Å². The molecule has 1 N–H and O–H groups in total. The lowest BCUT2D eigenvalue weighted by molar-refractivity contribution is -0.00538. The average molecular weight is 261 g/mol. The van der Waals surface area contributed by atoms with Crippen LogP contribution in [-0.2, 0) is 0 Å². The molecule has 0 aromatic carbocycles. The molecule has 1 aromatic rings. The molecule has 5 rings (SSSR count). The maximum Gasteiger partial charge on any atom is 0.341 e. The molecule has 0 spiro atoms. The Morgan fingerprint density at radius 3 is 2.26 bits per heavy atom. The summed E-state index contributed by atoms with van der Waals surface area (Å²) in [6.07, 6.45) is 6.47. The molecule has 4 nitrogen and oxygen atoms in total. The van der Waals surface area contributed by atoms with Crippen LogP contribution in [0.25, 0.3) is 0 Å².